The monoisotopic (exact) mass is 480 g/mol. The van der Waals surface area contributed by atoms with Crippen molar-refractivity contribution in [1.82, 2.24) is 4.98 Å². The SMILES string of the molecule is C\C=C/C=C(C(=C\CCC)\OCC)/C(C)=C/C(OCc1cnc(C)o1)=C(C)\C(=C\CCC)C(C)=N. The van der Waals surface area contributed by atoms with Crippen LogP contribution < -0.4 is 0 Å². The summed E-state index contributed by atoms with van der Waals surface area (Å²) < 4.78 is 17.9. The third-order valence-electron chi connectivity index (χ3n) is 5.27. The van der Waals surface area contributed by atoms with Gasteiger partial charge in [-0.15, -0.1) is 0 Å². The minimum atomic E-state index is 0.257. The minimum absolute atomic E-state index is 0.257. The van der Waals surface area contributed by atoms with Gasteiger partial charge in [-0.1, -0.05) is 51.0 Å². The van der Waals surface area contributed by atoms with Crippen LogP contribution in [0.1, 0.15) is 85.8 Å². The fourth-order valence-electron chi connectivity index (χ4n) is 3.44. The van der Waals surface area contributed by atoms with Crippen LogP contribution in [0.5, 0.6) is 0 Å². The van der Waals surface area contributed by atoms with E-state index in [9.17, 15) is 0 Å². The second kappa shape index (κ2) is 16.5. The first-order valence-corrected chi connectivity index (χ1v) is 12.6. The van der Waals surface area contributed by atoms with Crippen molar-refractivity contribution >= 4 is 5.71 Å². The molecule has 5 heteroatoms. The second-order valence-electron chi connectivity index (χ2n) is 8.38. The molecule has 5 nitrogen and oxygen atoms in total. The predicted molar refractivity (Wildman–Crippen MR) is 146 cm³/mol. The van der Waals surface area contributed by atoms with Crippen LogP contribution in [0.15, 0.2) is 80.9 Å². The first kappa shape index (κ1) is 30.0. The standard InChI is InChI=1S/C30H44N2O3/c1-9-13-16-27(29(33-12-4)18-15-11-3)22(5)19-30(34-21-26-20-32-25(8)35-26)23(6)28(24(7)31)17-14-10-2/h9,13,16-20,31H,10-12,14-15,21H2,1-8H3/b13-9-,22-19+,27-16-,28-17-,29-18-,30-23+,31-24?. The molecule has 1 rings (SSSR count). The molecule has 1 N–H and O–H groups in total. The Morgan fingerprint density at radius 2 is 1.71 bits per heavy atom. The van der Waals surface area contributed by atoms with Gasteiger partial charge >= 0.3 is 0 Å². The maximum absolute atomic E-state index is 8.35. The summed E-state index contributed by atoms with van der Waals surface area (Å²) in [6, 6.07) is 0. The number of unbranched alkanes of at least 4 members (excludes halogenated alkanes) is 2. The number of rotatable bonds is 15. The summed E-state index contributed by atoms with van der Waals surface area (Å²) >= 11 is 0. The number of allylic oxidation sites excluding steroid dienone is 9. The highest BCUT2D eigenvalue weighted by Crippen LogP contribution is 2.27. The highest BCUT2D eigenvalue weighted by atomic mass is 16.5. The third kappa shape index (κ3) is 10.4. The lowest BCUT2D eigenvalue weighted by Gasteiger charge is -2.17. The van der Waals surface area contributed by atoms with Crippen LogP contribution in [0.3, 0.4) is 0 Å². The number of hydrogen-bond acceptors (Lipinski definition) is 5. The molecule has 1 aromatic heterocycles. The summed E-state index contributed by atoms with van der Waals surface area (Å²) in [5.41, 5.74) is 4.35. The molecule has 0 aliphatic rings. The van der Waals surface area contributed by atoms with Gasteiger partial charge in [-0.3, -0.25) is 0 Å². The number of aromatic nitrogens is 1. The van der Waals surface area contributed by atoms with Crippen molar-refractivity contribution in [3.63, 3.8) is 0 Å². The van der Waals surface area contributed by atoms with Crippen molar-refractivity contribution in [1.29, 1.82) is 5.41 Å². The fraction of sp³-hybridized carbons (Fsp3) is 0.467. The first-order valence-electron chi connectivity index (χ1n) is 12.6. The molecular formula is C30H44N2O3. The van der Waals surface area contributed by atoms with Crippen molar-refractivity contribution in [3.05, 3.63) is 88.1 Å². The number of oxazole rings is 1. The summed E-state index contributed by atoms with van der Waals surface area (Å²) in [6.45, 7) is 16.9. The van der Waals surface area contributed by atoms with Gasteiger partial charge in [0.1, 0.15) is 18.1 Å². The lowest BCUT2D eigenvalue weighted by Crippen LogP contribution is -2.04. The topological polar surface area (TPSA) is 68.3 Å². The minimum Gasteiger partial charge on any atom is -0.494 e. The second-order valence-corrected chi connectivity index (χ2v) is 8.38. The molecule has 0 amide bonds. The van der Waals surface area contributed by atoms with Crippen molar-refractivity contribution in [2.75, 3.05) is 6.61 Å². The normalized spacial score (nSPS) is 14.4. The highest BCUT2D eigenvalue weighted by molar-refractivity contribution is 5.99. The van der Waals surface area contributed by atoms with Crippen LogP contribution in [-0.2, 0) is 16.1 Å². The van der Waals surface area contributed by atoms with E-state index in [2.05, 4.69) is 44.0 Å². The zero-order chi connectivity index (χ0) is 26.2. The Morgan fingerprint density at radius 3 is 2.26 bits per heavy atom. The maximum atomic E-state index is 8.35. The molecule has 0 spiro atoms. The number of hydrogen-bond donors (Lipinski definition) is 1. The van der Waals surface area contributed by atoms with Crippen LogP contribution in [0, 0.1) is 12.3 Å². The van der Waals surface area contributed by atoms with E-state index >= 15 is 0 Å². The summed E-state index contributed by atoms with van der Waals surface area (Å²) in [5.74, 6) is 2.83. The molecule has 35 heavy (non-hydrogen) atoms. The Hall–Kier alpha value is -3.08. The van der Waals surface area contributed by atoms with Gasteiger partial charge in [0.2, 0.25) is 0 Å². The van der Waals surface area contributed by atoms with Gasteiger partial charge in [-0.05, 0) is 76.3 Å². The van der Waals surface area contributed by atoms with Gasteiger partial charge < -0.3 is 19.3 Å². The largest absolute Gasteiger partial charge is 0.494 e. The molecule has 0 radical (unpaired) electrons. The van der Waals surface area contributed by atoms with Gasteiger partial charge in [0.15, 0.2) is 11.7 Å². The molecule has 0 unspecified atom stereocenters. The Kier molecular flexibility index (Phi) is 14.1. The van der Waals surface area contributed by atoms with Gasteiger partial charge in [0.05, 0.1) is 12.8 Å². The zero-order valence-electron chi connectivity index (χ0n) is 23.0. The number of nitrogens with one attached hydrogen (secondary N) is 1. The molecular weight excluding hydrogens is 436 g/mol. The van der Waals surface area contributed by atoms with E-state index in [0.717, 1.165) is 53.7 Å². The molecule has 0 saturated heterocycles. The van der Waals surface area contributed by atoms with Crippen molar-refractivity contribution in [2.24, 2.45) is 0 Å². The lowest BCUT2D eigenvalue weighted by atomic mass is 9.97. The Bertz CT molecular complexity index is 1000. The predicted octanol–water partition coefficient (Wildman–Crippen LogP) is 8.71. The average molecular weight is 481 g/mol. The van der Waals surface area contributed by atoms with Crippen LogP contribution in [0.2, 0.25) is 0 Å². The molecule has 0 aliphatic carbocycles. The van der Waals surface area contributed by atoms with Gasteiger partial charge in [-0.25, -0.2) is 4.98 Å². The summed E-state index contributed by atoms with van der Waals surface area (Å²) in [4.78, 5) is 4.17. The van der Waals surface area contributed by atoms with E-state index in [1.165, 1.54) is 0 Å². The molecule has 0 aliphatic heterocycles. The van der Waals surface area contributed by atoms with Crippen LogP contribution >= 0.6 is 0 Å². The van der Waals surface area contributed by atoms with Gasteiger partial charge in [0, 0.05) is 18.2 Å². The van der Waals surface area contributed by atoms with E-state index in [4.69, 9.17) is 19.3 Å². The van der Waals surface area contributed by atoms with Crippen molar-refractivity contribution in [3.8, 4) is 0 Å². The van der Waals surface area contributed by atoms with Gasteiger partial charge in [0.25, 0.3) is 0 Å². The molecule has 192 valence electrons. The van der Waals surface area contributed by atoms with E-state index in [-0.39, 0.29) is 6.61 Å². The smallest absolute Gasteiger partial charge is 0.191 e. The third-order valence-corrected chi connectivity index (χ3v) is 5.27. The Balaban J connectivity index is 3.62. The average Bonchev–Trinajstić information content (AvgIpc) is 3.25. The van der Waals surface area contributed by atoms with Crippen molar-refractivity contribution in [2.45, 2.75) is 87.7 Å². The molecule has 0 aromatic carbocycles. The molecule has 0 atom stereocenters. The van der Waals surface area contributed by atoms with E-state index < -0.39 is 0 Å². The van der Waals surface area contributed by atoms with Gasteiger partial charge in [-0.2, -0.15) is 0 Å². The molecule has 0 fully saturated rings. The first-order chi connectivity index (χ1) is 16.8. The summed E-state index contributed by atoms with van der Waals surface area (Å²) in [7, 11) is 0. The molecule has 1 heterocycles. The molecule has 1 aromatic rings. The van der Waals surface area contributed by atoms with Crippen molar-refractivity contribution < 1.29 is 13.9 Å². The van der Waals surface area contributed by atoms with E-state index in [1.807, 2.05) is 52.8 Å². The Morgan fingerprint density at radius 1 is 1.03 bits per heavy atom. The summed E-state index contributed by atoms with van der Waals surface area (Å²) in [6.07, 6.45) is 18.0. The number of ether oxygens (including phenoxy) is 2. The quantitative estimate of drug-likeness (QED) is 0.155. The van der Waals surface area contributed by atoms with Crippen LogP contribution in [-0.4, -0.2) is 17.3 Å². The van der Waals surface area contributed by atoms with E-state index in [1.54, 1.807) is 6.20 Å². The van der Waals surface area contributed by atoms with E-state index in [0.29, 0.717) is 29.7 Å². The summed E-state index contributed by atoms with van der Waals surface area (Å²) in [5, 5.41) is 8.35. The number of nitrogens with zero attached hydrogens (tertiary/aromatic N) is 1. The van der Waals surface area contributed by atoms with Crippen LogP contribution in [0.25, 0.3) is 0 Å². The highest BCUT2D eigenvalue weighted by Gasteiger charge is 2.14. The molecule has 0 bridgehead atoms. The molecule has 0 saturated carbocycles. The maximum Gasteiger partial charge on any atom is 0.191 e. The fourth-order valence-corrected chi connectivity index (χ4v) is 3.44. The lowest BCUT2D eigenvalue weighted by molar-refractivity contribution is 0.184. The van der Waals surface area contributed by atoms with Crippen LogP contribution in [0.4, 0.5) is 0 Å². The Labute approximate surface area is 212 Å². The number of aryl methyl sites for hydroxylation is 1. The zero-order valence-corrected chi connectivity index (χ0v) is 23.0.